The number of amides is 2. The van der Waals surface area contributed by atoms with Gasteiger partial charge in [-0.3, -0.25) is 9.59 Å². The third-order valence-electron chi connectivity index (χ3n) is 2.75. The molecule has 0 aliphatic heterocycles. The molecule has 0 radical (unpaired) electrons. The van der Waals surface area contributed by atoms with E-state index < -0.39 is 26.9 Å². The van der Waals surface area contributed by atoms with Crippen LogP contribution in [0.2, 0.25) is 0 Å². The molecule has 0 fully saturated rings. The van der Waals surface area contributed by atoms with Crippen LogP contribution in [-0.4, -0.2) is 38.3 Å². The summed E-state index contributed by atoms with van der Waals surface area (Å²) in [5.74, 6) is 1.24. The van der Waals surface area contributed by atoms with Crippen molar-refractivity contribution in [2.24, 2.45) is 0 Å². The zero-order chi connectivity index (χ0) is 16.0. The standard InChI is InChI=1S/C14H16N2O4S/c1-4-11-6-5-7-12(8-11)16-13(17)9-15-14(18)10(2)21(3,19)20/h1,5-8,10H,9H2,2-3H3,(H,15,18)(H,16,17)/t10-/m0/s1. The van der Waals surface area contributed by atoms with Crippen LogP contribution < -0.4 is 10.6 Å². The van der Waals surface area contributed by atoms with Crippen LogP contribution in [-0.2, 0) is 19.4 Å². The van der Waals surface area contributed by atoms with E-state index in [2.05, 4.69) is 16.6 Å². The Bertz CT molecular complexity index is 689. The Morgan fingerprint density at radius 3 is 2.62 bits per heavy atom. The predicted molar refractivity (Wildman–Crippen MR) is 80.3 cm³/mol. The fourth-order valence-electron chi connectivity index (χ4n) is 1.40. The van der Waals surface area contributed by atoms with Crippen molar-refractivity contribution in [3.63, 3.8) is 0 Å². The van der Waals surface area contributed by atoms with Gasteiger partial charge in [0.2, 0.25) is 11.8 Å². The lowest BCUT2D eigenvalue weighted by Gasteiger charge is -2.10. The van der Waals surface area contributed by atoms with Gasteiger partial charge in [-0.1, -0.05) is 12.0 Å². The molecule has 1 aromatic carbocycles. The predicted octanol–water partition coefficient (Wildman–Crippen LogP) is 0.156. The number of terminal acetylenes is 1. The first-order chi connectivity index (χ1) is 9.74. The summed E-state index contributed by atoms with van der Waals surface area (Å²) >= 11 is 0. The van der Waals surface area contributed by atoms with Crippen LogP contribution in [0.5, 0.6) is 0 Å². The topological polar surface area (TPSA) is 92.3 Å². The van der Waals surface area contributed by atoms with Crippen LogP contribution in [0.15, 0.2) is 24.3 Å². The maximum atomic E-state index is 11.7. The number of anilines is 1. The summed E-state index contributed by atoms with van der Waals surface area (Å²) in [6, 6.07) is 6.67. The van der Waals surface area contributed by atoms with Crippen molar-refractivity contribution in [1.29, 1.82) is 0 Å². The summed E-state index contributed by atoms with van der Waals surface area (Å²) in [5.41, 5.74) is 1.11. The number of benzene rings is 1. The summed E-state index contributed by atoms with van der Waals surface area (Å²) in [7, 11) is -3.48. The van der Waals surface area contributed by atoms with Gasteiger partial charge >= 0.3 is 0 Å². The maximum Gasteiger partial charge on any atom is 0.243 e. The summed E-state index contributed by atoms with van der Waals surface area (Å²) in [6.07, 6.45) is 6.21. The highest BCUT2D eigenvalue weighted by Crippen LogP contribution is 2.09. The monoisotopic (exact) mass is 308 g/mol. The van der Waals surface area contributed by atoms with Gasteiger partial charge in [0.05, 0.1) is 6.54 Å². The number of sulfone groups is 1. The molecule has 0 aliphatic carbocycles. The highest BCUT2D eigenvalue weighted by molar-refractivity contribution is 7.92. The van der Waals surface area contributed by atoms with Crippen LogP contribution in [0.3, 0.4) is 0 Å². The SMILES string of the molecule is C#Cc1cccc(NC(=O)CNC(=O)[C@H](C)S(C)(=O)=O)c1. The quantitative estimate of drug-likeness (QED) is 0.758. The second-order valence-corrected chi connectivity index (χ2v) is 6.83. The second kappa shape index (κ2) is 6.90. The normalized spacial score (nSPS) is 12.0. The van der Waals surface area contributed by atoms with E-state index in [0.29, 0.717) is 11.3 Å². The van der Waals surface area contributed by atoms with Gasteiger partial charge < -0.3 is 10.6 Å². The molecule has 1 atom stereocenters. The molecule has 112 valence electrons. The number of hydrogen-bond acceptors (Lipinski definition) is 4. The molecule has 0 bridgehead atoms. The van der Waals surface area contributed by atoms with Crippen molar-refractivity contribution >= 4 is 27.3 Å². The van der Waals surface area contributed by atoms with Crippen LogP contribution in [0.1, 0.15) is 12.5 Å². The molecule has 1 aromatic rings. The van der Waals surface area contributed by atoms with Gasteiger partial charge in [0.25, 0.3) is 0 Å². The molecule has 0 saturated carbocycles. The molecule has 21 heavy (non-hydrogen) atoms. The average molecular weight is 308 g/mol. The summed E-state index contributed by atoms with van der Waals surface area (Å²) in [5, 5.41) is 3.62. The molecule has 6 nitrogen and oxygen atoms in total. The third-order valence-corrected chi connectivity index (χ3v) is 4.25. The maximum absolute atomic E-state index is 11.7. The summed E-state index contributed by atoms with van der Waals surface area (Å²) in [6.45, 7) is 0.942. The third kappa shape index (κ3) is 5.28. The lowest BCUT2D eigenvalue weighted by Crippen LogP contribution is -2.41. The van der Waals surface area contributed by atoms with Crippen molar-refractivity contribution in [2.45, 2.75) is 12.2 Å². The van der Waals surface area contributed by atoms with E-state index >= 15 is 0 Å². The number of hydrogen-bond donors (Lipinski definition) is 2. The molecule has 2 N–H and O–H groups in total. The molecule has 0 aliphatic rings. The van der Waals surface area contributed by atoms with Crippen molar-refractivity contribution in [3.05, 3.63) is 29.8 Å². The number of nitrogens with one attached hydrogen (secondary N) is 2. The minimum absolute atomic E-state index is 0.320. The molecular weight excluding hydrogens is 292 g/mol. The van der Waals surface area contributed by atoms with E-state index in [0.717, 1.165) is 6.26 Å². The number of rotatable bonds is 5. The van der Waals surface area contributed by atoms with E-state index in [4.69, 9.17) is 6.42 Å². The summed E-state index contributed by atoms with van der Waals surface area (Å²) in [4.78, 5) is 23.2. The van der Waals surface area contributed by atoms with Crippen molar-refractivity contribution in [2.75, 3.05) is 18.1 Å². The molecule has 0 unspecified atom stereocenters. The van der Waals surface area contributed by atoms with Gasteiger partial charge in [0.1, 0.15) is 5.25 Å². The van der Waals surface area contributed by atoms with E-state index in [-0.39, 0.29) is 6.54 Å². The van der Waals surface area contributed by atoms with Crippen LogP contribution >= 0.6 is 0 Å². The van der Waals surface area contributed by atoms with Crippen LogP contribution in [0, 0.1) is 12.3 Å². The molecule has 0 spiro atoms. The van der Waals surface area contributed by atoms with Gasteiger partial charge in [0.15, 0.2) is 9.84 Å². The first-order valence-corrected chi connectivity index (χ1v) is 8.02. The highest BCUT2D eigenvalue weighted by atomic mass is 32.2. The fourth-order valence-corrected chi connectivity index (χ4v) is 1.87. The number of carbonyl (C=O) groups is 2. The fraction of sp³-hybridized carbons (Fsp3) is 0.286. The second-order valence-electron chi connectivity index (χ2n) is 4.46. The zero-order valence-electron chi connectivity index (χ0n) is 11.7. The Kier molecular flexibility index (Phi) is 5.50. The largest absolute Gasteiger partial charge is 0.346 e. The molecule has 1 rings (SSSR count). The van der Waals surface area contributed by atoms with Gasteiger partial charge in [-0.25, -0.2) is 8.42 Å². The Morgan fingerprint density at radius 2 is 2.05 bits per heavy atom. The van der Waals surface area contributed by atoms with Crippen LogP contribution in [0.25, 0.3) is 0 Å². The molecule has 2 amide bonds. The molecule has 0 saturated heterocycles. The molecule has 7 heteroatoms. The van der Waals surface area contributed by atoms with E-state index in [9.17, 15) is 18.0 Å². The molecular formula is C14H16N2O4S. The Morgan fingerprint density at radius 1 is 1.38 bits per heavy atom. The van der Waals surface area contributed by atoms with E-state index in [1.807, 2.05) is 0 Å². The van der Waals surface area contributed by atoms with Gasteiger partial charge in [-0.05, 0) is 25.1 Å². The minimum atomic E-state index is -3.48. The number of carbonyl (C=O) groups excluding carboxylic acids is 2. The molecule has 0 aromatic heterocycles. The average Bonchev–Trinajstić information content (AvgIpc) is 2.43. The molecule has 0 heterocycles. The Hall–Kier alpha value is -2.33. The summed E-state index contributed by atoms with van der Waals surface area (Å²) < 4.78 is 22.4. The lowest BCUT2D eigenvalue weighted by atomic mass is 10.2. The van der Waals surface area contributed by atoms with Crippen molar-refractivity contribution in [1.82, 2.24) is 5.32 Å². The van der Waals surface area contributed by atoms with Crippen molar-refractivity contribution in [3.8, 4) is 12.3 Å². The van der Waals surface area contributed by atoms with Crippen LogP contribution in [0.4, 0.5) is 5.69 Å². The van der Waals surface area contributed by atoms with E-state index in [1.54, 1.807) is 24.3 Å². The van der Waals surface area contributed by atoms with Gasteiger partial charge in [-0.2, -0.15) is 0 Å². The van der Waals surface area contributed by atoms with Crippen molar-refractivity contribution < 1.29 is 18.0 Å². The van der Waals surface area contributed by atoms with E-state index in [1.165, 1.54) is 6.92 Å². The minimum Gasteiger partial charge on any atom is -0.346 e. The smallest absolute Gasteiger partial charge is 0.243 e. The first-order valence-electron chi connectivity index (χ1n) is 6.07. The Labute approximate surface area is 123 Å². The first kappa shape index (κ1) is 16.7. The lowest BCUT2D eigenvalue weighted by molar-refractivity contribution is -0.123. The highest BCUT2D eigenvalue weighted by Gasteiger charge is 2.23. The zero-order valence-corrected chi connectivity index (χ0v) is 12.5. The van der Waals surface area contributed by atoms with Gasteiger partial charge in [0, 0.05) is 17.5 Å². The van der Waals surface area contributed by atoms with Gasteiger partial charge in [-0.15, -0.1) is 6.42 Å². The Balaban J connectivity index is 2.55.